The van der Waals surface area contributed by atoms with E-state index >= 15 is 0 Å². The van der Waals surface area contributed by atoms with Gasteiger partial charge in [-0.2, -0.15) is 0 Å². The summed E-state index contributed by atoms with van der Waals surface area (Å²) in [6, 6.07) is 20.5. The second-order valence-corrected chi connectivity index (χ2v) is 18.9. The van der Waals surface area contributed by atoms with E-state index < -0.39 is 24.7 Å². The van der Waals surface area contributed by atoms with Crippen molar-refractivity contribution in [3.63, 3.8) is 0 Å². The summed E-state index contributed by atoms with van der Waals surface area (Å²) < 4.78 is 7.50. The van der Waals surface area contributed by atoms with Crippen molar-refractivity contribution < 1.29 is 44.4 Å². The predicted molar refractivity (Wildman–Crippen MR) is 197 cm³/mol. The molecular formula is C40H47O9P. The molecule has 266 valence electrons. The van der Waals surface area contributed by atoms with Gasteiger partial charge in [0.25, 0.3) is 0 Å². The number of aromatic hydroxyl groups is 2. The van der Waals surface area contributed by atoms with Crippen LogP contribution in [0.3, 0.4) is 0 Å². The average Bonchev–Trinajstić information content (AvgIpc) is 3.05. The van der Waals surface area contributed by atoms with Crippen LogP contribution in [-0.4, -0.2) is 61.9 Å². The Morgan fingerprint density at radius 3 is 1.28 bits per heavy atom. The maximum atomic E-state index is 12.3. The fourth-order valence-corrected chi connectivity index (χ4v) is 12.7. The van der Waals surface area contributed by atoms with Gasteiger partial charge in [0.05, 0.1) is 0 Å². The molecule has 0 saturated carbocycles. The molecule has 4 aromatic rings. The van der Waals surface area contributed by atoms with E-state index in [9.17, 15) is 39.9 Å². The second-order valence-electron chi connectivity index (χ2n) is 13.6. The Morgan fingerprint density at radius 1 is 0.580 bits per heavy atom. The second kappa shape index (κ2) is 15.3. The molecule has 0 unspecified atom stereocenters. The molecule has 0 saturated heterocycles. The van der Waals surface area contributed by atoms with Gasteiger partial charge in [-0.15, -0.1) is 0 Å². The number of hydrogen-bond donors (Lipinski definition) is 5. The van der Waals surface area contributed by atoms with Crippen LogP contribution in [0.1, 0.15) is 69.3 Å². The van der Waals surface area contributed by atoms with E-state index in [0.717, 1.165) is 27.8 Å². The molecule has 0 amide bonds. The van der Waals surface area contributed by atoms with Crippen molar-refractivity contribution in [3.8, 4) is 17.2 Å². The number of hydrogen-bond acceptors (Lipinski definition) is 6. The number of carboxylic acids is 3. The van der Waals surface area contributed by atoms with Crippen LogP contribution in [-0.2, 0) is 27.2 Å². The molecule has 0 bridgehead atoms. The third-order valence-corrected chi connectivity index (χ3v) is 15.6. The molecule has 0 fully saturated rings. The van der Waals surface area contributed by atoms with E-state index in [1.165, 1.54) is 0 Å². The van der Waals surface area contributed by atoms with Gasteiger partial charge in [-0.25, -0.2) is 0 Å². The minimum absolute atomic E-state index is 0.0624. The van der Waals surface area contributed by atoms with Gasteiger partial charge < -0.3 is 0 Å². The Labute approximate surface area is 293 Å². The Kier molecular flexibility index (Phi) is 11.6. The third-order valence-electron chi connectivity index (χ3n) is 9.55. The van der Waals surface area contributed by atoms with Gasteiger partial charge in [-0.1, -0.05) is 0 Å². The minimum atomic E-state index is -4.28. The van der Waals surface area contributed by atoms with Gasteiger partial charge in [-0.3, -0.25) is 0 Å². The molecule has 0 aromatic heterocycles. The number of phenols is 2. The summed E-state index contributed by atoms with van der Waals surface area (Å²) in [5.41, 5.74) is 7.10. The molecule has 5 N–H and O–H groups in total. The number of carboxylic acid groups (broad SMARTS) is 3. The van der Waals surface area contributed by atoms with Crippen molar-refractivity contribution in [1.29, 1.82) is 0 Å². The summed E-state index contributed by atoms with van der Waals surface area (Å²) in [5, 5.41) is 51.7. The Morgan fingerprint density at radius 2 is 0.940 bits per heavy atom. The van der Waals surface area contributed by atoms with E-state index in [2.05, 4.69) is 0 Å². The molecule has 10 heteroatoms. The normalized spacial score (nSPS) is 12.2. The molecule has 0 atom stereocenters. The van der Waals surface area contributed by atoms with E-state index in [0.29, 0.717) is 46.1 Å². The molecule has 0 aliphatic rings. The first-order chi connectivity index (χ1) is 23.5. The molecule has 9 nitrogen and oxygen atoms in total. The summed E-state index contributed by atoms with van der Waals surface area (Å²) in [6.45, 7) is 4.99. The van der Waals surface area contributed by atoms with Crippen molar-refractivity contribution in [3.05, 3.63) is 117 Å². The summed E-state index contributed by atoms with van der Waals surface area (Å²) in [6.07, 6.45) is -0.498. The Balaban J connectivity index is 2.09. The molecule has 0 radical (unpaired) electrons. The van der Waals surface area contributed by atoms with Gasteiger partial charge in [0.15, 0.2) is 0 Å². The predicted octanol–water partition coefficient (Wildman–Crippen LogP) is 7.42. The summed E-state index contributed by atoms with van der Waals surface area (Å²) in [4.78, 5) is 36.9. The number of carbonyl (C=O) groups is 3. The zero-order chi connectivity index (χ0) is 36.8. The monoisotopic (exact) mass is 702 g/mol. The van der Waals surface area contributed by atoms with Gasteiger partial charge in [0, 0.05) is 0 Å². The van der Waals surface area contributed by atoms with E-state index in [-0.39, 0.29) is 49.2 Å². The van der Waals surface area contributed by atoms with Crippen LogP contribution < -0.4 is 9.83 Å². The number of benzene rings is 4. The molecule has 4 rings (SSSR count). The first kappa shape index (κ1) is 37.9. The van der Waals surface area contributed by atoms with Crippen LogP contribution in [0.2, 0.25) is 0 Å². The fourth-order valence-electron chi connectivity index (χ4n) is 7.07. The zero-order valence-electron chi connectivity index (χ0n) is 29.3. The fraction of sp³-hybridized carbons (Fsp3) is 0.325. The Bertz CT molecular complexity index is 1740. The van der Waals surface area contributed by atoms with Crippen molar-refractivity contribution in [2.75, 3.05) is 18.5 Å². The number of rotatable bonds is 16. The average molecular weight is 703 g/mol. The molecule has 0 spiro atoms. The number of phenolic OH excluding ortho intramolecular Hbond substituents is 2. The van der Waals surface area contributed by atoms with Crippen molar-refractivity contribution >= 4 is 30.0 Å². The van der Waals surface area contributed by atoms with Crippen LogP contribution in [0.25, 0.3) is 0 Å². The Hall–Kier alpha value is -4.88. The number of aliphatic carboxylic acids is 3. The van der Waals surface area contributed by atoms with Crippen molar-refractivity contribution in [1.82, 2.24) is 0 Å². The molecule has 0 heterocycles. The number of aryl methyl sites for hydroxylation is 5. The quantitative estimate of drug-likeness (QED) is 0.0749. The van der Waals surface area contributed by atoms with E-state index in [4.69, 9.17) is 4.52 Å². The van der Waals surface area contributed by atoms with Crippen molar-refractivity contribution in [2.45, 2.75) is 66.7 Å². The van der Waals surface area contributed by atoms with Crippen LogP contribution in [0.4, 0.5) is 0 Å². The molecular weight excluding hydrogens is 655 g/mol. The van der Waals surface area contributed by atoms with Gasteiger partial charge >= 0.3 is 294 Å². The topological polar surface area (TPSA) is 162 Å². The molecule has 0 aliphatic heterocycles. The standard InChI is InChI=1S/C40H47O9P/c1-25-17-32(23-30-19-26(2)38(47)27(3)20-30)40(33(18-25)24-31-21-28(4)39(48)29(5)22-31)49-50(14-11-35(41)42,15-12-36(43)44,16-13-37(45)46)34-9-7-6-8-10-34/h6-10,17-22,47-48H,11-16,23-24H2,1-5H3,(H,41,42)(H,43,44)(H,45,46). The zero-order valence-corrected chi connectivity index (χ0v) is 30.2. The maximum absolute atomic E-state index is 12.3. The first-order valence-electron chi connectivity index (χ1n) is 16.6. The van der Waals surface area contributed by atoms with Gasteiger partial charge in [0.1, 0.15) is 0 Å². The van der Waals surface area contributed by atoms with Crippen molar-refractivity contribution in [2.24, 2.45) is 0 Å². The SMILES string of the molecule is Cc1cc(Cc2cc(C)c(O)c(C)c2)c(OP(CCC(=O)O)(CCC(=O)O)(CCC(=O)O)c2ccccc2)c(Cc2cc(C)c(O)c(C)c2)c1. The molecule has 4 aromatic carbocycles. The van der Waals surface area contributed by atoms with Crippen LogP contribution >= 0.6 is 6.83 Å². The van der Waals surface area contributed by atoms with Gasteiger partial charge in [0.2, 0.25) is 0 Å². The van der Waals surface area contributed by atoms with E-state index in [1.807, 2.05) is 71.0 Å². The van der Waals surface area contributed by atoms with Crippen LogP contribution in [0.5, 0.6) is 17.2 Å². The summed E-state index contributed by atoms with van der Waals surface area (Å²) >= 11 is 0. The van der Waals surface area contributed by atoms with Crippen LogP contribution in [0.15, 0.2) is 66.7 Å². The van der Waals surface area contributed by atoms with Crippen LogP contribution in [0, 0.1) is 34.6 Å². The van der Waals surface area contributed by atoms with Gasteiger partial charge in [-0.05, 0) is 0 Å². The summed E-state index contributed by atoms with van der Waals surface area (Å²) in [5.74, 6) is -2.42. The first-order valence-corrected chi connectivity index (χ1v) is 19.3. The van der Waals surface area contributed by atoms with E-state index in [1.54, 1.807) is 30.3 Å². The third kappa shape index (κ3) is 8.64. The summed E-state index contributed by atoms with van der Waals surface area (Å²) in [7, 11) is 0. The molecule has 50 heavy (non-hydrogen) atoms. The molecule has 0 aliphatic carbocycles.